The molecule has 1 rings (SSSR count). The second-order valence-electron chi connectivity index (χ2n) is 6.96. The molecule has 0 saturated carbocycles. The molecule has 0 aliphatic carbocycles. The van der Waals surface area contributed by atoms with Gasteiger partial charge in [0.2, 0.25) is 5.92 Å². The summed E-state index contributed by atoms with van der Waals surface area (Å²) in [5.41, 5.74) is 0.798. The Hall–Kier alpha value is -2.42. The van der Waals surface area contributed by atoms with Crippen molar-refractivity contribution in [1.29, 1.82) is 0 Å². The van der Waals surface area contributed by atoms with E-state index in [2.05, 4.69) is 0 Å². The van der Waals surface area contributed by atoms with Gasteiger partial charge in [-0.2, -0.15) is 0 Å². The molecule has 7 nitrogen and oxygen atoms in total. The topological polar surface area (TPSA) is 85.3 Å². The molecule has 0 radical (unpaired) electrons. The first kappa shape index (κ1) is 25.6. The second-order valence-corrected chi connectivity index (χ2v) is 6.96. The number of alkyl halides is 2. The normalized spacial score (nSPS) is 12.3. The van der Waals surface area contributed by atoms with Crippen molar-refractivity contribution in [3.05, 3.63) is 29.8 Å². The monoisotopic (exact) mass is 431 g/mol. The number of carbonyl (C=O) groups is 2. The number of rotatable bonds is 14. The van der Waals surface area contributed by atoms with Crippen LogP contribution in [0.1, 0.15) is 38.7 Å². The molecule has 0 aliphatic rings. The summed E-state index contributed by atoms with van der Waals surface area (Å²) >= 11 is 0. The van der Waals surface area contributed by atoms with E-state index in [0.29, 0.717) is 31.7 Å². The van der Waals surface area contributed by atoms with Gasteiger partial charge in [0, 0.05) is 26.0 Å². The molecule has 1 N–H and O–H groups in total. The highest BCUT2D eigenvalue weighted by atomic mass is 19.3. The molecule has 1 aromatic rings. The van der Waals surface area contributed by atoms with Gasteiger partial charge in [0.05, 0.1) is 13.7 Å². The number of benzene rings is 1. The molecule has 0 aliphatic heterocycles. The van der Waals surface area contributed by atoms with Crippen LogP contribution in [0.5, 0.6) is 5.75 Å². The number of carboxylic acid groups (broad SMARTS) is 1. The van der Waals surface area contributed by atoms with E-state index in [-0.39, 0.29) is 26.0 Å². The van der Waals surface area contributed by atoms with Gasteiger partial charge >= 0.3 is 12.1 Å². The lowest BCUT2D eigenvalue weighted by molar-refractivity contribution is -0.149. The van der Waals surface area contributed by atoms with Crippen molar-refractivity contribution in [3.63, 3.8) is 0 Å². The van der Waals surface area contributed by atoms with Crippen LogP contribution in [0, 0.1) is 0 Å². The van der Waals surface area contributed by atoms with Crippen molar-refractivity contribution < 1.29 is 37.7 Å². The number of hydrogen-bond donors (Lipinski definition) is 1. The molecule has 1 amide bonds. The Morgan fingerprint density at radius 1 is 1.17 bits per heavy atom. The molecule has 0 fully saturated rings. The lowest BCUT2D eigenvalue weighted by atomic mass is 10.1. The lowest BCUT2D eigenvalue weighted by Crippen LogP contribution is -2.35. The Morgan fingerprint density at radius 2 is 1.83 bits per heavy atom. The molecule has 0 spiro atoms. The molecule has 9 heteroatoms. The average Bonchev–Trinajstić information content (AvgIpc) is 2.69. The van der Waals surface area contributed by atoms with E-state index >= 15 is 0 Å². The third-order valence-corrected chi connectivity index (χ3v) is 4.34. The summed E-state index contributed by atoms with van der Waals surface area (Å²) in [5.74, 6) is -3.15. The summed E-state index contributed by atoms with van der Waals surface area (Å²) < 4.78 is 41.3. The number of hydrogen-bond acceptors (Lipinski definition) is 5. The number of unbranched alkanes of at least 4 members (excludes halogenated alkanes) is 1. The van der Waals surface area contributed by atoms with Crippen molar-refractivity contribution in [2.24, 2.45) is 0 Å². The van der Waals surface area contributed by atoms with E-state index in [1.807, 2.05) is 0 Å². The number of carboxylic acids is 1. The predicted octanol–water partition coefficient (Wildman–Crippen LogP) is 3.99. The average molecular weight is 431 g/mol. The Balaban J connectivity index is 2.48. The quantitative estimate of drug-likeness (QED) is 0.448. The lowest BCUT2D eigenvalue weighted by Gasteiger charge is -2.21. The Morgan fingerprint density at radius 3 is 2.37 bits per heavy atom. The zero-order valence-corrected chi connectivity index (χ0v) is 17.7. The Kier molecular flexibility index (Phi) is 11.1. The van der Waals surface area contributed by atoms with E-state index in [4.69, 9.17) is 19.3 Å². The minimum absolute atomic E-state index is 0.203. The molecule has 0 aromatic heterocycles. The van der Waals surface area contributed by atoms with Crippen LogP contribution in [0.3, 0.4) is 0 Å². The molecule has 30 heavy (non-hydrogen) atoms. The molecule has 0 saturated heterocycles. The van der Waals surface area contributed by atoms with E-state index in [9.17, 15) is 18.4 Å². The van der Waals surface area contributed by atoms with Gasteiger partial charge in [0.1, 0.15) is 12.4 Å². The summed E-state index contributed by atoms with van der Waals surface area (Å²) in [4.78, 5) is 24.4. The van der Waals surface area contributed by atoms with Gasteiger partial charge in [-0.15, -0.1) is 0 Å². The maximum absolute atomic E-state index is 12.9. The maximum Gasteiger partial charge on any atom is 0.409 e. The van der Waals surface area contributed by atoms with Crippen LogP contribution in [0.25, 0.3) is 0 Å². The van der Waals surface area contributed by atoms with E-state index in [0.717, 1.165) is 12.5 Å². The number of methoxy groups -OCH3 is 1. The third-order valence-electron chi connectivity index (χ3n) is 4.34. The number of halogens is 2. The molecular formula is C21H31F2NO6. The maximum atomic E-state index is 12.9. The highest BCUT2D eigenvalue weighted by Crippen LogP contribution is 2.20. The van der Waals surface area contributed by atoms with Crippen LogP contribution in [-0.4, -0.2) is 67.5 Å². The minimum atomic E-state index is -2.71. The molecule has 1 aromatic carbocycles. The molecular weight excluding hydrogens is 400 g/mol. The fourth-order valence-electron chi connectivity index (χ4n) is 2.79. The van der Waals surface area contributed by atoms with Crippen LogP contribution in [0.2, 0.25) is 0 Å². The van der Waals surface area contributed by atoms with Crippen molar-refractivity contribution in [1.82, 2.24) is 4.90 Å². The summed E-state index contributed by atoms with van der Waals surface area (Å²) in [6.45, 7) is 3.69. The summed E-state index contributed by atoms with van der Waals surface area (Å²) in [7, 11) is 1.27. The molecule has 1 unspecified atom stereocenters. The smallest absolute Gasteiger partial charge is 0.409 e. The van der Waals surface area contributed by atoms with Gasteiger partial charge in [0.15, 0.2) is 6.10 Å². The van der Waals surface area contributed by atoms with Gasteiger partial charge in [-0.3, -0.25) is 0 Å². The number of ether oxygens (including phenoxy) is 3. The molecule has 0 bridgehead atoms. The van der Waals surface area contributed by atoms with Crippen LogP contribution < -0.4 is 4.74 Å². The van der Waals surface area contributed by atoms with E-state index < -0.39 is 24.1 Å². The third kappa shape index (κ3) is 10.4. The highest BCUT2D eigenvalue weighted by molar-refractivity contribution is 5.72. The predicted molar refractivity (Wildman–Crippen MR) is 107 cm³/mol. The van der Waals surface area contributed by atoms with Gasteiger partial charge in [0.25, 0.3) is 0 Å². The first-order valence-corrected chi connectivity index (χ1v) is 9.93. The Bertz CT molecular complexity index is 648. The largest absolute Gasteiger partial charge is 0.492 e. The van der Waals surface area contributed by atoms with Gasteiger partial charge in [-0.1, -0.05) is 12.1 Å². The summed E-state index contributed by atoms with van der Waals surface area (Å²) in [6, 6.07) is 6.94. The van der Waals surface area contributed by atoms with Crippen LogP contribution in [0.15, 0.2) is 24.3 Å². The molecule has 1 atom stereocenters. The van der Waals surface area contributed by atoms with Gasteiger partial charge < -0.3 is 24.2 Å². The number of carbonyl (C=O) groups excluding carboxylic acids is 1. The number of nitrogens with zero attached hydrogens (tertiary/aromatic N) is 1. The van der Waals surface area contributed by atoms with Crippen molar-refractivity contribution in [2.75, 3.05) is 33.4 Å². The van der Waals surface area contributed by atoms with E-state index in [1.54, 1.807) is 31.2 Å². The number of aliphatic carboxylic acids is 1. The Labute approximate surface area is 175 Å². The summed E-state index contributed by atoms with van der Waals surface area (Å²) in [6.07, 6.45) is -0.667. The minimum Gasteiger partial charge on any atom is -0.492 e. The van der Waals surface area contributed by atoms with Crippen molar-refractivity contribution in [3.8, 4) is 5.75 Å². The van der Waals surface area contributed by atoms with Gasteiger partial charge in [-0.05, 0) is 44.4 Å². The zero-order valence-electron chi connectivity index (χ0n) is 17.7. The van der Waals surface area contributed by atoms with Crippen LogP contribution in [-0.2, 0) is 20.7 Å². The van der Waals surface area contributed by atoms with Crippen molar-refractivity contribution >= 4 is 12.1 Å². The standard InChI is InChI=1S/C21H31F2NO6/c1-4-29-18(19(25)26)15-16-7-9-17(10-8-16)30-14-13-24(20(27)28-3)12-6-5-11-21(2,22)23/h7-10,18H,4-6,11-15H2,1-3H3,(H,25,26). The fourth-order valence-corrected chi connectivity index (χ4v) is 2.79. The summed E-state index contributed by atoms with van der Waals surface area (Å²) in [5, 5.41) is 9.14. The zero-order chi connectivity index (χ0) is 22.6. The molecule has 170 valence electrons. The van der Waals surface area contributed by atoms with Gasteiger partial charge in [-0.25, -0.2) is 18.4 Å². The first-order valence-electron chi connectivity index (χ1n) is 9.93. The van der Waals surface area contributed by atoms with Crippen LogP contribution in [0.4, 0.5) is 13.6 Å². The highest BCUT2D eigenvalue weighted by Gasteiger charge is 2.21. The number of amides is 1. The fraction of sp³-hybridized carbons (Fsp3) is 0.619. The SMILES string of the molecule is CCOC(Cc1ccc(OCCN(CCCCC(C)(F)F)C(=O)OC)cc1)C(=O)O. The van der Waals surface area contributed by atoms with Crippen molar-refractivity contribution in [2.45, 2.75) is 51.6 Å². The first-order chi connectivity index (χ1) is 14.2. The van der Waals surface area contributed by atoms with E-state index in [1.165, 1.54) is 12.0 Å². The van der Waals surface area contributed by atoms with Crippen LogP contribution >= 0.6 is 0 Å². The second kappa shape index (κ2) is 13.0. The molecule has 0 heterocycles.